The van der Waals surface area contributed by atoms with E-state index in [0.717, 1.165) is 31.6 Å². The Morgan fingerprint density at radius 3 is 3.28 bits per heavy atom. The average Bonchev–Trinajstić information content (AvgIpc) is 2.81. The highest BCUT2D eigenvalue weighted by molar-refractivity contribution is 5.08. The van der Waals surface area contributed by atoms with Gasteiger partial charge < -0.3 is 14.6 Å². The molecule has 1 saturated heterocycles. The van der Waals surface area contributed by atoms with Crippen LogP contribution in [0.3, 0.4) is 0 Å². The van der Waals surface area contributed by atoms with E-state index in [1.807, 2.05) is 6.20 Å². The van der Waals surface area contributed by atoms with Gasteiger partial charge in [0.2, 0.25) is 6.36 Å². The molecule has 100 valence electrons. The van der Waals surface area contributed by atoms with Gasteiger partial charge in [-0.25, -0.2) is 9.37 Å². The van der Waals surface area contributed by atoms with Crippen LogP contribution in [0.15, 0.2) is 6.20 Å². The molecule has 3 heterocycles. The minimum absolute atomic E-state index is 0.185. The first kappa shape index (κ1) is 12.1. The van der Waals surface area contributed by atoms with Crippen molar-refractivity contribution in [1.29, 1.82) is 0 Å². The summed E-state index contributed by atoms with van der Waals surface area (Å²) in [6.45, 7) is 2.22. The van der Waals surface area contributed by atoms with Crippen molar-refractivity contribution < 1.29 is 9.13 Å². The number of imidazole rings is 1. The largest absolute Gasteiger partial charge is 0.347 e. The second-order valence-electron chi connectivity index (χ2n) is 5.13. The smallest absolute Gasteiger partial charge is 0.214 e. The van der Waals surface area contributed by atoms with Crippen LogP contribution in [-0.4, -0.2) is 28.6 Å². The van der Waals surface area contributed by atoms with E-state index in [2.05, 4.69) is 14.9 Å². The molecule has 5 heteroatoms. The van der Waals surface area contributed by atoms with Gasteiger partial charge in [0.25, 0.3) is 0 Å². The molecule has 1 fully saturated rings. The van der Waals surface area contributed by atoms with Crippen molar-refractivity contribution in [3.05, 3.63) is 17.7 Å². The molecule has 3 rings (SSSR count). The number of ether oxygens (including phenoxy) is 1. The Morgan fingerprint density at radius 1 is 1.44 bits per heavy atom. The van der Waals surface area contributed by atoms with Gasteiger partial charge in [-0.3, -0.25) is 0 Å². The van der Waals surface area contributed by atoms with Crippen LogP contribution in [0.2, 0.25) is 0 Å². The van der Waals surface area contributed by atoms with Crippen molar-refractivity contribution in [2.75, 3.05) is 6.61 Å². The summed E-state index contributed by atoms with van der Waals surface area (Å²) < 4.78 is 20.8. The number of nitrogens with one attached hydrogen (secondary N) is 1. The molecule has 0 aromatic carbocycles. The van der Waals surface area contributed by atoms with E-state index >= 15 is 0 Å². The molecule has 1 aromatic rings. The Hall–Kier alpha value is -0.940. The summed E-state index contributed by atoms with van der Waals surface area (Å²) in [5, 5.41) is 3.24. The lowest BCUT2D eigenvalue weighted by atomic mass is 10.1. The molecular weight excluding hydrogens is 233 g/mol. The maximum absolute atomic E-state index is 13.5. The first-order valence-corrected chi connectivity index (χ1v) is 6.87. The number of nitrogens with zero attached hydrogens (tertiary/aromatic N) is 2. The standard InChI is InChI=1S/C13H20FN3O/c14-13-11(5-3-7-18-13)15-9-12-16-8-10-4-1-2-6-17(10)12/h8,11,13,15H,1-7,9H2. The molecule has 4 nitrogen and oxygen atoms in total. The van der Waals surface area contributed by atoms with E-state index in [4.69, 9.17) is 4.74 Å². The number of halogens is 1. The molecular formula is C13H20FN3O. The SMILES string of the molecule is FC1OCCCC1NCc1ncc2n1CCCC2. The molecule has 1 aromatic heterocycles. The van der Waals surface area contributed by atoms with Gasteiger partial charge in [0.05, 0.1) is 19.2 Å². The third kappa shape index (κ3) is 2.42. The molecule has 0 bridgehead atoms. The van der Waals surface area contributed by atoms with Gasteiger partial charge in [-0.2, -0.15) is 0 Å². The maximum Gasteiger partial charge on any atom is 0.214 e. The van der Waals surface area contributed by atoms with Crippen LogP contribution in [0.1, 0.15) is 37.2 Å². The molecule has 0 saturated carbocycles. The average molecular weight is 253 g/mol. The van der Waals surface area contributed by atoms with Crippen molar-refractivity contribution in [2.24, 2.45) is 0 Å². The maximum atomic E-state index is 13.5. The van der Waals surface area contributed by atoms with E-state index in [1.54, 1.807) is 0 Å². The molecule has 18 heavy (non-hydrogen) atoms. The lowest BCUT2D eigenvalue weighted by Crippen LogP contribution is -2.42. The molecule has 0 radical (unpaired) electrons. The van der Waals surface area contributed by atoms with Gasteiger partial charge >= 0.3 is 0 Å². The van der Waals surface area contributed by atoms with Gasteiger partial charge in [0.1, 0.15) is 5.82 Å². The third-order valence-corrected chi connectivity index (χ3v) is 3.86. The number of fused-ring (bicyclic) bond motifs is 1. The summed E-state index contributed by atoms with van der Waals surface area (Å²) >= 11 is 0. The summed E-state index contributed by atoms with van der Waals surface area (Å²) in [5.41, 5.74) is 1.31. The second-order valence-corrected chi connectivity index (χ2v) is 5.13. The minimum Gasteiger partial charge on any atom is -0.347 e. The minimum atomic E-state index is -1.17. The number of hydrogen-bond acceptors (Lipinski definition) is 3. The van der Waals surface area contributed by atoms with E-state index in [9.17, 15) is 4.39 Å². The Morgan fingerprint density at radius 2 is 2.39 bits per heavy atom. The molecule has 0 amide bonds. The molecule has 2 aliphatic heterocycles. The third-order valence-electron chi connectivity index (χ3n) is 3.86. The highest BCUT2D eigenvalue weighted by Gasteiger charge is 2.25. The first-order valence-electron chi connectivity index (χ1n) is 6.87. The fourth-order valence-electron chi connectivity index (χ4n) is 2.81. The molecule has 0 spiro atoms. The van der Waals surface area contributed by atoms with Crippen LogP contribution in [-0.2, 0) is 24.2 Å². The molecule has 2 aliphatic rings. The number of aromatic nitrogens is 2. The van der Waals surface area contributed by atoms with E-state index in [-0.39, 0.29) is 6.04 Å². The Bertz CT molecular complexity index is 407. The highest BCUT2D eigenvalue weighted by atomic mass is 19.1. The Labute approximate surface area is 107 Å². The van der Waals surface area contributed by atoms with Gasteiger partial charge in [0, 0.05) is 18.4 Å². The van der Waals surface area contributed by atoms with Crippen LogP contribution in [0.4, 0.5) is 4.39 Å². The topological polar surface area (TPSA) is 39.1 Å². The fraction of sp³-hybridized carbons (Fsp3) is 0.769. The number of rotatable bonds is 3. The summed E-state index contributed by atoms with van der Waals surface area (Å²) in [4.78, 5) is 4.44. The van der Waals surface area contributed by atoms with Crippen LogP contribution in [0, 0.1) is 0 Å². The normalized spacial score (nSPS) is 28.1. The molecule has 2 unspecified atom stereocenters. The Kier molecular flexibility index (Phi) is 3.61. The quantitative estimate of drug-likeness (QED) is 0.892. The monoisotopic (exact) mass is 253 g/mol. The lowest BCUT2D eigenvalue weighted by molar-refractivity contribution is -0.0899. The fourth-order valence-corrected chi connectivity index (χ4v) is 2.81. The first-order chi connectivity index (χ1) is 8.84. The van der Waals surface area contributed by atoms with Gasteiger partial charge in [-0.05, 0) is 32.1 Å². The Balaban J connectivity index is 1.61. The zero-order chi connectivity index (χ0) is 12.4. The van der Waals surface area contributed by atoms with Crippen molar-refractivity contribution >= 4 is 0 Å². The summed E-state index contributed by atoms with van der Waals surface area (Å²) in [5.74, 6) is 1.03. The van der Waals surface area contributed by atoms with Crippen molar-refractivity contribution in [1.82, 2.24) is 14.9 Å². The van der Waals surface area contributed by atoms with Crippen molar-refractivity contribution in [3.8, 4) is 0 Å². The van der Waals surface area contributed by atoms with Gasteiger partial charge in [-0.15, -0.1) is 0 Å². The number of aryl methyl sites for hydroxylation is 1. The van der Waals surface area contributed by atoms with Crippen LogP contribution < -0.4 is 5.32 Å². The summed E-state index contributed by atoms with van der Waals surface area (Å²) in [6, 6.07) is -0.185. The lowest BCUT2D eigenvalue weighted by Gasteiger charge is -2.27. The van der Waals surface area contributed by atoms with E-state index < -0.39 is 6.36 Å². The molecule has 0 aliphatic carbocycles. The molecule has 1 N–H and O–H groups in total. The van der Waals surface area contributed by atoms with Gasteiger partial charge in [-0.1, -0.05) is 0 Å². The van der Waals surface area contributed by atoms with E-state index in [1.165, 1.54) is 18.5 Å². The zero-order valence-corrected chi connectivity index (χ0v) is 10.6. The van der Waals surface area contributed by atoms with Crippen molar-refractivity contribution in [2.45, 2.75) is 57.6 Å². The molecule has 2 atom stereocenters. The van der Waals surface area contributed by atoms with E-state index in [0.29, 0.717) is 13.2 Å². The van der Waals surface area contributed by atoms with Crippen LogP contribution in [0.5, 0.6) is 0 Å². The predicted molar refractivity (Wildman–Crippen MR) is 65.9 cm³/mol. The predicted octanol–water partition coefficient (Wildman–Crippen LogP) is 1.78. The summed E-state index contributed by atoms with van der Waals surface area (Å²) in [6.07, 6.45) is 6.14. The van der Waals surface area contributed by atoms with Gasteiger partial charge in [0.15, 0.2) is 0 Å². The van der Waals surface area contributed by atoms with Crippen molar-refractivity contribution in [3.63, 3.8) is 0 Å². The second kappa shape index (κ2) is 5.36. The highest BCUT2D eigenvalue weighted by Crippen LogP contribution is 2.18. The number of hydrogen-bond donors (Lipinski definition) is 1. The number of alkyl halides is 1. The summed E-state index contributed by atoms with van der Waals surface area (Å²) in [7, 11) is 0. The van der Waals surface area contributed by atoms with Crippen LogP contribution >= 0.6 is 0 Å². The zero-order valence-electron chi connectivity index (χ0n) is 10.6. The van der Waals surface area contributed by atoms with Crippen LogP contribution in [0.25, 0.3) is 0 Å².